The fourth-order valence-corrected chi connectivity index (χ4v) is 13.9. The van der Waals surface area contributed by atoms with Gasteiger partial charge < -0.3 is 0 Å². The molecule has 0 bridgehead atoms. The Morgan fingerprint density at radius 1 is 0.100 bits per heavy atom. The highest BCUT2D eigenvalue weighted by molar-refractivity contribution is 6.11. The Bertz CT molecular complexity index is 4700. The van der Waals surface area contributed by atoms with Crippen LogP contribution in [-0.4, -0.2) is 0 Å². The molecule has 0 fully saturated rings. The molecule has 0 aliphatic heterocycles. The van der Waals surface area contributed by atoms with Crippen molar-refractivity contribution in [3.05, 3.63) is 481 Å². The molecule has 0 nitrogen and oxygen atoms in total. The predicted molar refractivity (Wildman–Crippen MR) is 425 cm³/mol. The maximum atomic E-state index is 2.29. The highest BCUT2D eigenvalue weighted by atomic mass is 14.3. The first kappa shape index (κ1) is 63.1. The number of hydrogen-bond acceptors (Lipinski definition) is 0. The van der Waals surface area contributed by atoms with Crippen molar-refractivity contribution in [1.29, 1.82) is 0 Å². The molecule has 0 amide bonds. The van der Waals surface area contributed by atoms with Gasteiger partial charge in [-0.3, -0.25) is 0 Å². The van der Waals surface area contributed by atoms with Gasteiger partial charge in [0, 0.05) is 0 Å². The van der Waals surface area contributed by atoms with Crippen LogP contribution < -0.4 is 0 Å². The molecular weight excluding hydrogens is 1200 g/mol. The van der Waals surface area contributed by atoms with E-state index in [2.05, 4.69) is 437 Å². The minimum Gasteiger partial charge on any atom is -0.0622 e. The van der Waals surface area contributed by atoms with Crippen LogP contribution in [-0.2, 0) is 0 Å². The lowest BCUT2D eigenvalue weighted by molar-refractivity contribution is 1.48. The summed E-state index contributed by atoms with van der Waals surface area (Å²) in [5.74, 6) is 0. The third-order valence-electron chi connectivity index (χ3n) is 18.7. The quantitative estimate of drug-likeness (QED) is 0.0846. The average molecular weight is 1270 g/mol. The van der Waals surface area contributed by atoms with E-state index in [1.54, 1.807) is 0 Å². The third kappa shape index (κ3) is 14.0. The van der Waals surface area contributed by atoms with E-state index in [1.807, 2.05) is 0 Å². The van der Waals surface area contributed by atoms with Crippen molar-refractivity contribution in [2.75, 3.05) is 0 Å². The van der Waals surface area contributed by atoms with Crippen molar-refractivity contribution >= 4 is 22.3 Å². The average Bonchev–Trinajstić information content (AvgIpc) is 0.762. The van der Waals surface area contributed by atoms with Gasteiger partial charge in [-0.05, 0) is 156 Å². The SMILES string of the molecule is c1ccc(-c2ccc(/C(=C(\c3ccc(-c4ccccc4)cc3)c3ccccc3-c3ccccc3)c3ccccc3-c3ccccc3)cc2)cc1.c1ccc(-c2ccc(/C(=C(\c3ccc(-c4ccccc4)cc3)c3ccccc3-c3ccccc3)c3ccccc3-c3ccccc3)cc2)cc1. The molecule has 0 heterocycles. The number of hydrogen-bond donors (Lipinski definition) is 0. The monoisotopic (exact) mass is 1270 g/mol. The summed E-state index contributed by atoms with van der Waals surface area (Å²) >= 11 is 0. The Hall–Kier alpha value is -13.0. The second-order valence-electron chi connectivity index (χ2n) is 24.9. The number of benzene rings is 16. The summed E-state index contributed by atoms with van der Waals surface area (Å²) in [6.07, 6.45) is 0. The molecule has 0 heteroatoms. The van der Waals surface area contributed by atoms with Crippen LogP contribution in [0.5, 0.6) is 0 Å². The van der Waals surface area contributed by atoms with Crippen LogP contribution in [0.1, 0.15) is 44.5 Å². The summed E-state index contributed by atoms with van der Waals surface area (Å²) in [5, 5.41) is 0. The standard InChI is InChI=1S/2C50H36/c2*1-5-17-37(18-6-1)39-29-33-43(34-30-39)49(47-27-15-13-25-45(47)41-21-9-3-10-22-41)50(44-35-31-40(32-36-44)38-19-7-2-8-20-38)48-28-16-14-26-46(48)42-23-11-4-12-24-42/h2*1-36H/b2*50-49-. The molecule has 0 aromatic heterocycles. The zero-order valence-corrected chi connectivity index (χ0v) is 55.6. The van der Waals surface area contributed by atoms with Crippen molar-refractivity contribution in [2.24, 2.45) is 0 Å². The lowest BCUT2D eigenvalue weighted by Crippen LogP contribution is -2.01. The van der Waals surface area contributed by atoms with E-state index in [0.29, 0.717) is 0 Å². The molecule has 0 atom stereocenters. The van der Waals surface area contributed by atoms with Gasteiger partial charge in [0.15, 0.2) is 0 Å². The Labute approximate surface area is 588 Å². The van der Waals surface area contributed by atoms with E-state index in [1.165, 1.54) is 134 Å². The highest BCUT2D eigenvalue weighted by Crippen LogP contribution is 2.47. The first-order chi connectivity index (χ1) is 49.7. The van der Waals surface area contributed by atoms with Crippen molar-refractivity contribution in [1.82, 2.24) is 0 Å². The topological polar surface area (TPSA) is 0 Å². The van der Waals surface area contributed by atoms with Gasteiger partial charge in [-0.15, -0.1) is 0 Å². The van der Waals surface area contributed by atoms with Crippen LogP contribution in [0.2, 0.25) is 0 Å². The minimum atomic E-state index is 1.16. The summed E-state index contributed by atoms with van der Waals surface area (Å²) < 4.78 is 0. The van der Waals surface area contributed by atoms with Crippen molar-refractivity contribution in [3.8, 4) is 89.0 Å². The molecule has 0 N–H and O–H groups in total. The van der Waals surface area contributed by atoms with Gasteiger partial charge >= 0.3 is 0 Å². The first-order valence-electron chi connectivity index (χ1n) is 34.4. The van der Waals surface area contributed by atoms with Gasteiger partial charge in [0.1, 0.15) is 0 Å². The normalized spacial score (nSPS) is 11.5. The van der Waals surface area contributed by atoms with Gasteiger partial charge in [-0.25, -0.2) is 0 Å². The van der Waals surface area contributed by atoms with Crippen LogP contribution in [0.4, 0.5) is 0 Å². The van der Waals surface area contributed by atoms with Crippen LogP contribution in [0.25, 0.3) is 111 Å². The van der Waals surface area contributed by atoms with Crippen LogP contribution in [0.15, 0.2) is 437 Å². The Balaban J connectivity index is 0.000000162. The summed E-state index contributed by atoms with van der Waals surface area (Å²) in [4.78, 5) is 0. The molecule has 0 aliphatic carbocycles. The van der Waals surface area contributed by atoms with Gasteiger partial charge in [0.05, 0.1) is 0 Å². The Morgan fingerprint density at radius 2 is 0.230 bits per heavy atom. The van der Waals surface area contributed by atoms with Crippen molar-refractivity contribution in [3.63, 3.8) is 0 Å². The summed E-state index contributed by atoms with van der Waals surface area (Å²) in [7, 11) is 0. The van der Waals surface area contributed by atoms with Crippen LogP contribution in [0.3, 0.4) is 0 Å². The maximum Gasteiger partial charge on any atom is -0.00203 e. The van der Waals surface area contributed by atoms with Gasteiger partial charge in [-0.1, -0.05) is 437 Å². The fourth-order valence-electron chi connectivity index (χ4n) is 13.9. The maximum absolute atomic E-state index is 2.29. The summed E-state index contributed by atoms with van der Waals surface area (Å²) in [6.45, 7) is 0. The fraction of sp³-hybridized carbons (Fsp3) is 0. The van der Waals surface area contributed by atoms with Crippen molar-refractivity contribution in [2.45, 2.75) is 0 Å². The lowest BCUT2D eigenvalue weighted by atomic mass is 9.80. The summed E-state index contributed by atoms with van der Waals surface area (Å²) in [6, 6.07) is 157. The van der Waals surface area contributed by atoms with Gasteiger partial charge in [-0.2, -0.15) is 0 Å². The highest BCUT2D eigenvalue weighted by Gasteiger charge is 2.25. The summed E-state index contributed by atoms with van der Waals surface area (Å²) in [5.41, 5.74) is 33.4. The van der Waals surface area contributed by atoms with Gasteiger partial charge in [0.25, 0.3) is 0 Å². The number of rotatable bonds is 16. The van der Waals surface area contributed by atoms with E-state index in [-0.39, 0.29) is 0 Å². The van der Waals surface area contributed by atoms with Crippen LogP contribution in [0, 0.1) is 0 Å². The molecule has 100 heavy (non-hydrogen) atoms. The molecule has 472 valence electrons. The van der Waals surface area contributed by atoms with E-state index in [0.717, 1.165) is 22.3 Å². The first-order valence-corrected chi connectivity index (χ1v) is 34.4. The zero-order chi connectivity index (χ0) is 67.1. The molecule has 16 aromatic carbocycles. The van der Waals surface area contributed by atoms with Gasteiger partial charge in [0.2, 0.25) is 0 Å². The molecule has 16 rings (SSSR count). The molecule has 0 radical (unpaired) electrons. The molecule has 0 unspecified atom stereocenters. The molecular formula is C100H72. The molecule has 0 aliphatic rings. The smallest absolute Gasteiger partial charge is 0.00203 e. The van der Waals surface area contributed by atoms with E-state index in [4.69, 9.17) is 0 Å². The largest absolute Gasteiger partial charge is 0.0622 e. The zero-order valence-electron chi connectivity index (χ0n) is 55.6. The molecule has 0 saturated carbocycles. The predicted octanol–water partition coefficient (Wildman–Crippen LogP) is 26.7. The Morgan fingerprint density at radius 3 is 0.400 bits per heavy atom. The second kappa shape index (κ2) is 30.4. The molecule has 0 spiro atoms. The van der Waals surface area contributed by atoms with Crippen molar-refractivity contribution < 1.29 is 0 Å². The third-order valence-corrected chi connectivity index (χ3v) is 18.7. The molecule has 0 saturated heterocycles. The van der Waals surface area contributed by atoms with Crippen LogP contribution >= 0.6 is 0 Å². The minimum absolute atomic E-state index is 1.16. The molecule has 16 aromatic rings. The second-order valence-corrected chi connectivity index (χ2v) is 24.9. The van der Waals surface area contributed by atoms with E-state index < -0.39 is 0 Å². The Kier molecular flexibility index (Phi) is 19.2. The van der Waals surface area contributed by atoms with E-state index in [9.17, 15) is 0 Å². The van der Waals surface area contributed by atoms with E-state index >= 15 is 0 Å². The lowest BCUT2D eigenvalue weighted by Gasteiger charge is -2.23.